The van der Waals surface area contributed by atoms with Crippen LogP contribution < -0.4 is 24.6 Å². The zero-order valence-electron chi connectivity index (χ0n) is 49.4. The lowest BCUT2D eigenvalue weighted by atomic mass is 9.65. The topological polar surface area (TPSA) is 162 Å². The quantitative estimate of drug-likeness (QED) is 0.0987. The lowest BCUT2D eigenvalue weighted by Gasteiger charge is -2.47. The highest BCUT2D eigenvalue weighted by atomic mass is 19.1. The zero-order valence-corrected chi connectivity index (χ0v) is 49.4. The predicted molar refractivity (Wildman–Crippen MR) is 318 cm³/mol. The summed E-state index contributed by atoms with van der Waals surface area (Å²) in [5.74, 6) is 1.14. The first-order valence-electron chi connectivity index (χ1n) is 30.5. The van der Waals surface area contributed by atoms with Gasteiger partial charge in [0.05, 0.1) is 18.7 Å². The van der Waals surface area contributed by atoms with Crippen molar-refractivity contribution in [3.05, 3.63) is 83.2 Å². The first kappa shape index (κ1) is 56.8. The molecule has 442 valence electrons. The van der Waals surface area contributed by atoms with Crippen molar-refractivity contribution in [2.24, 2.45) is 16.7 Å². The number of anilines is 2. The van der Waals surface area contributed by atoms with Gasteiger partial charge >= 0.3 is 18.1 Å². The first-order chi connectivity index (χ1) is 40.0. The third-order valence-electron chi connectivity index (χ3n) is 19.3. The molecule has 5 aromatic rings. The molecule has 0 radical (unpaired) electrons. The Bertz CT molecular complexity index is 3270. The Kier molecular flexibility index (Phi) is 15.8. The summed E-state index contributed by atoms with van der Waals surface area (Å²) < 4.78 is 41.6. The third-order valence-corrected chi connectivity index (χ3v) is 19.3. The van der Waals surface area contributed by atoms with Crippen molar-refractivity contribution in [1.29, 1.82) is 0 Å². The second-order valence-corrected chi connectivity index (χ2v) is 26.1. The van der Waals surface area contributed by atoms with E-state index in [1.807, 2.05) is 92.1 Å². The second kappa shape index (κ2) is 23.1. The number of hydrogen-bond acceptors (Lipinski definition) is 13. The molecule has 1 spiro atoms. The average molecular weight is 1140 g/mol. The van der Waals surface area contributed by atoms with Crippen molar-refractivity contribution in [1.82, 2.24) is 34.9 Å². The molecular formula is C65H82FN9O8. The van der Waals surface area contributed by atoms with Crippen molar-refractivity contribution in [3.63, 3.8) is 0 Å². The number of ether oxygens (including phenoxy) is 4. The summed E-state index contributed by atoms with van der Waals surface area (Å²) in [6, 6.07) is 18.9. The number of benzene rings is 4. The molecule has 7 fully saturated rings. The number of amides is 5. The summed E-state index contributed by atoms with van der Waals surface area (Å²) in [5, 5.41) is 4.91. The molecule has 2 atom stereocenters. The number of halogens is 1. The van der Waals surface area contributed by atoms with Crippen LogP contribution in [0.2, 0.25) is 0 Å². The minimum Gasteiger partial charge on any atom is -0.468 e. The molecule has 4 aromatic carbocycles. The number of fused-ring (bicyclic) bond motifs is 4. The minimum absolute atomic E-state index is 0.00493. The molecule has 2 aliphatic carbocycles. The van der Waals surface area contributed by atoms with E-state index in [4.69, 9.17) is 28.9 Å². The number of carbonyl (C=O) groups excluding carboxylic acids is 4. The number of likely N-dealkylation sites (tertiary alicyclic amines) is 1. The Hall–Kier alpha value is -6.63. The summed E-state index contributed by atoms with van der Waals surface area (Å²) in [7, 11) is 1.58. The van der Waals surface area contributed by atoms with E-state index in [1.165, 1.54) is 25.7 Å². The Morgan fingerprint density at radius 2 is 1.54 bits per heavy atom. The van der Waals surface area contributed by atoms with E-state index in [2.05, 4.69) is 33.0 Å². The number of aryl methyl sites for hydroxylation is 2. The van der Waals surface area contributed by atoms with Gasteiger partial charge in [-0.3, -0.25) is 24.7 Å². The molecule has 18 heteroatoms. The summed E-state index contributed by atoms with van der Waals surface area (Å²) in [4.78, 5) is 74.8. The number of hydrogen-bond donors (Lipinski definition) is 1. The Balaban J connectivity index is 0.685. The zero-order chi connectivity index (χ0) is 57.8. The number of imide groups is 1. The SMILES string of the molecule is CCc1cccc2cc(OCOC)cc(-c3ccc4c(N5CC6CCC(C5)N6C(=O)OC(C)(C)C)nc(OCC5(CN6CCN(CC7CCC8(CC7)CCN(C(=O)c7ccc(C)c(N9CCC(=O)NC9=O)c7)CC8)CC6)CC5)nc4c3F)c12. The van der Waals surface area contributed by atoms with E-state index in [0.29, 0.717) is 76.9 Å². The van der Waals surface area contributed by atoms with Crippen LogP contribution in [0.3, 0.4) is 0 Å². The fourth-order valence-electron chi connectivity index (χ4n) is 14.4. The van der Waals surface area contributed by atoms with Gasteiger partial charge < -0.3 is 38.5 Å². The first-order valence-corrected chi connectivity index (χ1v) is 30.5. The highest BCUT2D eigenvalue weighted by molar-refractivity contribution is 6.07. The van der Waals surface area contributed by atoms with Gasteiger partial charge in [0, 0.05) is 113 Å². The standard InChI is InChI=1S/C65H82FN9O8/c1-7-44-9-8-10-45-33-49(82-41-80-6)35-52(55(44)45)50-15-16-51-57(56(50)66)68-60(69-58(51)73-37-47-13-14-48(38-73)75(47)62(79)83-63(3,4)5)81-40-65(22-23-65)39-71-31-29-70(30-32-71)36-43-17-20-64(21-18-43)24-27-72(28-25-64)59(77)46-12-11-42(2)53(34-46)74-26-19-54(76)67-61(74)78/h8-12,15-16,33-35,43,47-48H,7,13-14,17-32,36-41H2,1-6H3,(H,67,76,78). The van der Waals surface area contributed by atoms with Crippen molar-refractivity contribution < 1.29 is 42.5 Å². The van der Waals surface area contributed by atoms with Gasteiger partial charge in [-0.25, -0.2) is 14.0 Å². The highest BCUT2D eigenvalue weighted by Gasteiger charge is 2.48. The smallest absolute Gasteiger partial charge is 0.410 e. The third kappa shape index (κ3) is 11.9. The molecule has 17 nitrogen and oxygen atoms in total. The summed E-state index contributed by atoms with van der Waals surface area (Å²) >= 11 is 0. The minimum atomic E-state index is -0.613. The fraction of sp³-hybridized carbons (Fsp3) is 0.569. The molecule has 2 unspecified atom stereocenters. The number of rotatable bonds is 15. The monoisotopic (exact) mass is 1140 g/mol. The molecule has 5 saturated heterocycles. The van der Waals surface area contributed by atoms with Gasteiger partial charge in [-0.05, 0) is 167 Å². The summed E-state index contributed by atoms with van der Waals surface area (Å²) in [6.07, 6.45) is 11.4. The fourth-order valence-corrected chi connectivity index (χ4v) is 14.4. The molecule has 83 heavy (non-hydrogen) atoms. The van der Waals surface area contributed by atoms with E-state index >= 15 is 4.39 Å². The normalized spacial score (nSPS) is 22.2. The van der Waals surface area contributed by atoms with Crippen molar-refractivity contribution in [3.8, 4) is 22.9 Å². The lowest BCUT2D eigenvalue weighted by molar-refractivity contribution is -0.120. The van der Waals surface area contributed by atoms with Crippen LogP contribution in [0, 0.1) is 29.5 Å². The van der Waals surface area contributed by atoms with E-state index in [0.717, 1.165) is 119 Å². The number of nitrogens with zero attached hydrogens (tertiary/aromatic N) is 8. The summed E-state index contributed by atoms with van der Waals surface area (Å²) in [6.45, 7) is 19.2. The molecule has 5 aliphatic heterocycles. The van der Waals surface area contributed by atoms with Gasteiger partial charge in [-0.1, -0.05) is 37.3 Å². The molecule has 5 amide bonds. The van der Waals surface area contributed by atoms with Gasteiger partial charge in [0.25, 0.3) is 5.91 Å². The molecule has 12 rings (SSSR count). The number of piperazine rings is 2. The molecule has 6 heterocycles. The molecule has 1 N–H and O–H groups in total. The Morgan fingerprint density at radius 3 is 2.23 bits per heavy atom. The van der Waals surface area contributed by atoms with Crippen LogP contribution in [-0.2, 0) is 20.7 Å². The van der Waals surface area contributed by atoms with E-state index in [9.17, 15) is 19.2 Å². The number of methoxy groups -OCH3 is 1. The molecule has 7 aliphatic rings. The molecule has 1 aromatic heterocycles. The van der Waals surface area contributed by atoms with Crippen LogP contribution in [0.5, 0.6) is 11.8 Å². The van der Waals surface area contributed by atoms with Gasteiger partial charge in [0.15, 0.2) is 12.6 Å². The number of carbonyl (C=O) groups is 4. The van der Waals surface area contributed by atoms with Crippen molar-refractivity contribution in [2.75, 3.05) is 102 Å². The number of piperidine rings is 1. The van der Waals surface area contributed by atoms with Gasteiger partial charge in [0.2, 0.25) is 5.91 Å². The van der Waals surface area contributed by atoms with Crippen LogP contribution in [-0.4, -0.2) is 164 Å². The largest absolute Gasteiger partial charge is 0.468 e. The van der Waals surface area contributed by atoms with Crippen molar-refractivity contribution >= 4 is 57.1 Å². The van der Waals surface area contributed by atoms with E-state index < -0.39 is 17.4 Å². The van der Waals surface area contributed by atoms with Crippen LogP contribution in [0.15, 0.2) is 60.7 Å². The van der Waals surface area contributed by atoms with Gasteiger partial charge in [0.1, 0.15) is 22.7 Å². The predicted octanol–water partition coefficient (Wildman–Crippen LogP) is 10.4. The van der Waals surface area contributed by atoms with E-state index in [1.54, 1.807) is 12.0 Å². The highest BCUT2D eigenvalue weighted by Crippen LogP contribution is 2.49. The maximum absolute atomic E-state index is 17.8. The van der Waals surface area contributed by atoms with Crippen LogP contribution in [0.1, 0.15) is 120 Å². The number of nitrogens with one attached hydrogen (secondary N) is 1. The number of aromatic nitrogens is 2. The molecule has 2 saturated carbocycles. The van der Waals surface area contributed by atoms with Crippen LogP contribution in [0.25, 0.3) is 32.8 Å². The Labute approximate surface area is 487 Å². The number of urea groups is 1. The Morgan fingerprint density at radius 1 is 0.807 bits per heavy atom. The maximum atomic E-state index is 17.8. The molecular weight excluding hydrogens is 1050 g/mol. The second-order valence-electron chi connectivity index (χ2n) is 26.1. The van der Waals surface area contributed by atoms with Crippen LogP contribution >= 0.6 is 0 Å². The maximum Gasteiger partial charge on any atom is 0.410 e. The van der Waals surface area contributed by atoms with Gasteiger partial charge in [-0.15, -0.1) is 0 Å². The van der Waals surface area contributed by atoms with Crippen LogP contribution in [0.4, 0.5) is 25.5 Å². The lowest BCUT2D eigenvalue weighted by Crippen LogP contribution is -2.57. The van der Waals surface area contributed by atoms with Crippen molar-refractivity contribution in [2.45, 2.75) is 129 Å². The molecule has 2 bridgehead atoms. The van der Waals surface area contributed by atoms with Gasteiger partial charge in [-0.2, -0.15) is 9.97 Å². The summed E-state index contributed by atoms with van der Waals surface area (Å²) in [5.41, 5.74) is 4.22. The van der Waals surface area contributed by atoms with E-state index in [-0.39, 0.29) is 60.1 Å². The average Bonchev–Trinajstić information content (AvgIpc) is 4.39.